The van der Waals surface area contributed by atoms with Crippen molar-refractivity contribution in [2.75, 3.05) is 40.5 Å². The van der Waals surface area contributed by atoms with Gasteiger partial charge in [-0.25, -0.2) is 0 Å². The van der Waals surface area contributed by atoms with Gasteiger partial charge in [-0.2, -0.15) is 0 Å². The first kappa shape index (κ1) is 22.0. The van der Waals surface area contributed by atoms with Gasteiger partial charge in [-0.05, 0) is 12.1 Å². The van der Waals surface area contributed by atoms with Crippen molar-refractivity contribution in [1.29, 1.82) is 0 Å². The molecule has 8 nitrogen and oxygen atoms in total. The maximum absolute atomic E-state index is 13.2. The Bertz CT molecular complexity index is 980. The normalized spacial score (nSPS) is 18.8. The Hall–Kier alpha value is -3.26. The minimum absolute atomic E-state index is 0.0602. The predicted molar refractivity (Wildman–Crippen MR) is 119 cm³/mol. The summed E-state index contributed by atoms with van der Waals surface area (Å²) in [6.45, 7) is 3.08. The quantitative estimate of drug-likeness (QED) is 0.740. The fourth-order valence-corrected chi connectivity index (χ4v) is 4.30. The van der Waals surface area contributed by atoms with Crippen molar-refractivity contribution in [3.05, 3.63) is 53.6 Å². The van der Waals surface area contributed by atoms with Gasteiger partial charge in [0, 0.05) is 37.3 Å². The number of nitrogens with one attached hydrogen (secondary N) is 1. The molecule has 2 aromatic rings. The number of para-hydroxylation sites is 2. The van der Waals surface area contributed by atoms with Gasteiger partial charge in [0.2, 0.25) is 11.8 Å². The maximum Gasteiger partial charge on any atom is 0.237 e. The molecule has 1 fully saturated rings. The lowest BCUT2D eigenvalue weighted by molar-refractivity contribution is -0.139. The van der Waals surface area contributed by atoms with Crippen LogP contribution in [0.3, 0.4) is 0 Å². The van der Waals surface area contributed by atoms with Crippen molar-refractivity contribution in [1.82, 2.24) is 15.1 Å². The largest absolute Gasteiger partial charge is 0.493 e. The summed E-state index contributed by atoms with van der Waals surface area (Å²) in [5, 5.41) is 2.90. The molecule has 32 heavy (non-hydrogen) atoms. The second kappa shape index (κ2) is 9.91. The fourth-order valence-electron chi connectivity index (χ4n) is 4.30. The third-order valence-corrected chi connectivity index (χ3v) is 5.97. The van der Waals surface area contributed by atoms with Crippen LogP contribution in [0.15, 0.2) is 42.5 Å². The van der Waals surface area contributed by atoms with E-state index in [4.69, 9.17) is 14.2 Å². The topological polar surface area (TPSA) is 80.3 Å². The van der Waals surface area contributed by atoms with Crippen LogP contribution in [0.4, 0.5) is 0 Å². The summed E-state index contributed by atoms with van der Waals surface area (Å²) < 4.78 is 16.7. The van der Waals surface area contributed by atoms with Crippen molar-refractivity contribution >= 4 is 11.8 Å². The number of ether oxygens (including phenoxy) is 3. The number of carbonyl (C=O) groups is 2. The summed E-state index contributed by atoms with van der Waals surface area (Å²) in [4.78, 5) is 29.8. The smallest absolute Gasteiger partial charge is 0.237 e. The van der Waals surface area contributed by atoms with E-state index in [0.717, 1.165) is 16.9 Å². The van der Waals surface area contributed by atoms with Crippen LogP contribution in [0.1, 0.15) is 17.5 Å². The molecule has 0 spiro atoms. The highest BCUT2D eigenvalue weighted by Crippen LogP contribution is 2.32. The van der Waals surface area contributed by atoms with E-state index < -0.39 is 6.04 Å². The molecule has 2 aromatic carbocycles. The number of hydrogen-bond donors (Lipinski definition) is 1. The maximum atomic E-state index is 13.2. The number of fused-ring (bicyclic) bond motifs is 1. The van der Waals surface area contributed by atoms with Crippen molar-refractivity contribution in [2.24, 2.45) is 0 Å². The monoisotopic (exact) mass is 439 g/mol. The van der Waals surface area contributed by atoms with Crippen LogP contribution in [0.25, 0.3) is 0 Å². The SMILES string of the molecule is COc1cccc(CN2CCNC(=O)[C@H]2CC(=O)N2CCOc3ccccc3C2)c1OC. The van der Waals surface area contributed by atoms with E-state index in [2.05, 4.69) is 5.32 Å². The van der Waals surface area contributed by atoms with Crippen LogP contribution in [-0.4, -0.2) is 68.1 Å². The average Bonchev–Trinajstić information content (AvgIpc) is 3.03. The van der Waals surface area contributed by atoms with Crippen molar-refractivity contribution in [2.45, 2.75) is 25.6 Å². The van der Waals surface area contributed by atoms with Crippen LogP contribution in [0.2, 0.25) is 0 Å². The van der Waals surface area contributed by atoms with Crippen LogP contribution in [0.5, 0.6) is 17.2 Å². The van der Waals surface area contributed by atoms with E-state index in [1.54, 1.807) is 19.1 Å². The van der Waals surface area contributed by atoms with Crippen molar-refractivity contribution in [3.8, 4) is 17.2 Å². The standard InChI is InChI=1S/C24H29N3O5/c1-30-21-9-5-7-18(23(21)31-2)16-26-11-10-25-24(29)19(26)14-22(28)27-12-13-32-20-8-4-3-6-17(20)15-27/h3-9,19H,10-16H2,1-2H3,(H,25,29)/t19-/m1/s1. The molecule has 0 aliphatic carbocycles. The van der Waals surface area contributed by atoms with E-state index in [1.165, 1.54) is 0 Å². The number of nitrogens with zero attached hydrogens (tertiary/aromatic N) is 2. The second-order valence-corrected chi connectivity index (χ2v) is 7.91. The molecule has 1 N–H and O–H groups in total. The number of methoxy groups -OCH3 is 2. The van der Waals surface area contributed by atoms with Gasteiger partial charge in [0.05, 0.1) is 33.2 Å². The molecule has 0 saturated carbocycles. The number of hydrogen-bond acceptors (Lipinski definition) is 6. The Balaban J connectivity index is 1.50. The van der Waals surface area contributed by atoms with Crippen LogP contribution >= 0.6 is 0 Å². The molecule has 2 aliphatic heterocycles. The van der Waals surface area contributed by atoms with Crippen LogP contribution < -0.4 is 19.5 Å². The zero-order valence-corrected chi connectivity index (χ0v) is 18.5. The molecule has 0 radical (unpaired) electrons. The average molecular weight is 440 g/mol. The first-order valence-corrected chi connectivity index (χ1v) is 10.8. The molecule has 0 bridgehead atoms. The molecule has 2 heterocycles. The summed E-state index contributed by atoms with van der Waals surface area (Å²) in [5.74, 6) is 1.91. The number of benzene rings is 2. The summed E-state index contributed by atoms with van der Waals surface area (Å²) in [6.07, 6.45) is 0.111. The summed E-state index contributed by atoms with van der Waals surface area (Å²) >= 11 is 0. The molecular formula is C24H29N3O5. The molecule has 1 saturated heterocycles. The zero-order valence-electron chi connectivity index (χ0n) is 18.5. The van der Waals surface area contributed by atoms with Crippen LogP contribution in [-0.2, 0) is 22.7 Å². The molecular weight excluding hydrogens is 410 g/mol. The lowest BCUT2D eigenvalue weighted by Gasteiger charge is -2.36. The lowest BCUT2D eigenvalue weighted by Crippen LogP contribution is -2.56. The minimum atomic E-state index is -0.549. The van der Waals surface area contributed by atoms with E-state index in [0.29, 0.717) is 50.8 Å². The third kappa shape index (κ3) is 4.65. The number of amides is 2. The van der Waals surface area contributed by atoms with Gasteiger partial charge >= 0.3 is 0 Å². The van der Waals surface area contributed by atoms with Crippen LogP contribution in [0, 0.1) is 0 Å². The van der Waals surface area contributed by atoms with Crippen molar-refractivity contribution in [3.63, 3.8) is 0 Å². The molecule has 2 amide bonds. The Morgan fingerprint density at radius 2 is 1.97 bits per heavy atom. The first-order valence-electron chi connectivity index (χ1n) is 10.8. The molecule has 0 aromatic heterocycles. The number of piperazine rings is 1. The molecule has 0 unspecified atom stereocenters. The molecule has 2 aliphatic rings. The van der Waals surface area contributed by atoms with E-state index in [9.17, 15) is 9.59 Å². The highest BCUT2D eigenvalue weighted by molar-refractivity contribution is 5.89. The van der Waals surface area contributed by atoms with Gasteiger partial charge in [0.25, 0.3) is 0 Å². The van der Waals surface area contributed by atoms with Gasteiger partial charge in [-0.1, -0.05) is 30.3 Å². The van der Waals surface area contributed by atoms with Crippen molar-refractivity contribution < 1.29 is 23.8 Å². The summed E-state index contributed by atoms with van der Waals surface area (Å²) in [7, 11) is 3.20. The van der Waals surface area contributed by atoms with Gasteiger partial charge in [-0.15, -0.1) is 0 Å². The minimum Gasteiger partial charge on any atom is -0.493 e. The zero-order chi connectivity index (χ0) is 22.5. The van der Waals surface area contributed by atoms with Gasteiger partial charge in [0.1, 0.15) is 12.4 Å². The highest BCUT2D eigenvalue weighted by atomic mass is 16.5. The Labute approximate surface area is 188 Å². The Kier molecular flexibility index (Phi) is 6.80. The molecule has 170 valence electrons. The summed E-state index contributed by atoms with van der Waals surface area (Å²) in [5.41, 5.74) is 1.89. The fraction of sp³-hybridized carbons (Fsp3) is 0.417. The van der Waals surface area contributed by atoms with E-state index in [1.807, 2.05) is 47.4 Å². The molecule has 1 atom stereocenters. The first-order chi connectivity index (χ1) is 15.6. The number of carbonyl (C=O) groups excluding carboxylic acids is 2. The van der Waals surface area contributed by atoms with E-state index in [-0.39, 0.29) is 18.2 Å². The van der Waals surface area contributed by atoms with Gasteiger partial charge in [-0.3, -0.25) is 14.5 Å². The highest BCUT2D eigenvalue weighted by Gasteiger charge is 2.34. The molecule has 8 heteroatoms. The Morgan fingerprint density at radius 1 is 1.12 bits per heavy atom. The second-order valence-electron chi connectivity index (χ2n) is 7.91. The number of rotatable bonds is 6. The predicted octanol–water partition coefficient (Wildman–Crippen LogP) is 1.82. The van der Waals surface area contributed by atoms with Gasteiger partial charge in [0.15, 0.2) is 11.5 Å². The molecule has 4 rings (SSSR count). The van der Waals surface area contributed by atoms with Gasteiger partial charge < -0.3 is 24.4 Å². The van der Waals surface area contributed by atoms with E-state index >= 15 is 0 Å². The Morgan fingerprint density at radius 3 is 2.78 bits per heavy atom. The summed E-state index contributed by atoms with van der Waals surface area (Å²) in [6, 6.07) is 12.9. The lowest BCUT2D eigenvalue weighted by atomic mass is 10.0. The third-order valence-electron chi connectivity index (χ3n) is 5.97.